The monoisotopic (exact) mass is 514 g/mol. The van der Waals surface area contributed by atoms with E-state index in [4.69, 9.17) is 0 Å². The van der Waals surface area contributed by atoms with Gasteiger partial charge in [-0.2, -0.15) is 0 Å². The van der Waals surface area contributed by atoms with Crippen molar-refractivity contribution in [1.29, 1.82) is 0 Å². The van der Waals surface area contributed by atoms with Crippen LogP contribution in [-0.2, 0) is 6.54 Å². The number of hydrogen-bond donors (Lipinski definition) is 1. The highest BCUT2D eigenvalue weighted by Gasteiger charge is 2.23. The van der Waals surface area contributed by atoms with Crippen LogP contribution in [0.5, 0.6) is 5.75 Å². The summed E-state index contributed by atoms with van der Waals surface area (Å²) in [6, 6.07) is 4.86. The second-order valence-electron chi connectivity index (χ2n) is 5.62. The van der Waals surface area contributed by atoms with Gasteiger partial charge in [-0.05, 0) is 96.3 Å². The van der Waals surface area contributed by atoms with Crippen molar-refractivity contribution in [3.8, 4) is 5.75 Å². The number of rotatable bonds is 5. The van der Waals surface area contributed by atoms with Gasteiger partial charge in [0.1, 0.15) is 5.75 Å². The number of phenolic OH excluding ortho intramolecular Hbond substituents is 1. The molecule has 1 aromatic rings. The molecule has 1 fully saturated rings. The maximum atomic E-state index is 10.2. The quantitative estimate of drug-likeness (QED) is 0.605. The Morgan fingerprint density at radius 2 is 1.81 bits per heavy atom. The van der Waals surface area contributed by atoms with Crippen LogP contribution in [0.3, 0.4) is 0 Å². The average molecular weight is 514 g/mol. The number of hydrogen-bond acceptors (Lipinski definition) is 3. The van der Waals surface area contributed by atoms with Gasteiger partial charge in [0.05, 0.1) is 3.57 Å². The molecule has 1 aliphatic rings. The lowest BCUT2D eigenvalue weighted by atomic mass is 10.0. The third kappa shape index (κ3) is 4.68. The Balaban J connectivity index is 1.95. The summed E-state index contributed by atoms with van der Waals surface area (Å²) in [6.07, 6.45) is 2.48. The first-order chi connectivity index (χ1) is 10.0. The standard InChI is InChI=1S/C16H24I2N2O/c1-3-20(4-2)14-5-7-19(8-6-14)11-12-9-13(17)10-15(18)16(12)21/h9-10,14,21H,3-8,11H2,1-2H3. The van der Waals surface area contributed by atoms with Crippen molar-refractivity contribution in [3.63, 3.8) is 0 Å². The molecule has 0 saturated carbocycles. The maximum absolute atomic E-state index is 10.2. The molecule has 1 saturated heterocycles. The Morgan fingerprint density at radius 1 is 1.19 bits per heavy atom. The van der Waals surface area contributed by atoms with E-state index >= 15 is 0 Å². The summed E-state index contributed by atoms with van der Waals surface area (Å²) < 4.78 is 2.15. The van der Waals surface area contributed by atoms with Gasteiger partial charge in [0.2, 0.25) is 0 Å². The van der Waals surface area contributed by atoms with Crippen LogP contribution in [0.15, 0.2) is 12.1 Å². The highest BCUT2D eigenvalue weighted by atomic mass is 127. The number of aromatic hydroxyl groups is 1. The van der Waals surface area contributed by atoms with Gasteiger partial charge in [-0.3, -0.25) is 4.90 Å². The second kappa shape index (κ2) is 8.31. The maximum Gasteiger partial charge on any atom is 0.133 e. The summed E-state index contributed by atoms with van der Waals surface area (Å²) in [7, 11) is 0. The van der Waals surface area contributed by atoms with E-state index in [9.17, 15) is 5.11 Å². The Morgan fingerprint density at radius 3 is 2.38 bits per heavy atom. The van der Waals surface area contributed by atoms with Crippen molar-refractivity contribution in [2.24, 2.45) is 0 Å². The van der Waals surface area contributed by atoms with E-state index in [0.29, 0.717) is 5.75 Å². The number of piperidine rings is 1. The molecule has 0 atom stereocenters. The fourth-order valence-electron chi connectivity index (χ4n) is 3.16. The Kier molecular flexibility index (Phi) is 7.02. The first kappa shape index (κ1) is 17.7. The predicted molar refractivity (Wildman–Crippen MR) is 105 cm³/mol. The molecule has 118 valence electrons. The Hall–Kier alpha value is 0.400. The molecule has 0 spiro atoms. The highest BCUT2D eigenvalue weighted by Crippen LogP contribution is 2.29. The topological polar surface area (TPSA) is 26.7 Å². The van der Waals surface area contributed by atoms with Gasteiger partial charge in [0, 0.05) is 21.7 Å². The van der Waals surface area contributed by atoms with Gasteiger partial charge in [-0.1, -0.05) is 13.8 Å². The molecule has 0 aromatic heterocycles. The number of nitrogens with zero attached hydrogens (tertiary/aromatic N) is 2. The van der Waals surface area contributed by atoms with Gasteiger partial charge >= 0.3 is 0 Å². The zero-order valence-electron chi connectivity index (χ0n) is 12.8. The molecule has 0 radical (unpaired) electrons. The van der Waals surface area contributed by atoms with Crippen LogP contribution in [0, 0.1) is 7.14 Å². The molecule has 0 aliphatic carbocycles. The van der Waals surface area contributed by atoms with Crippen LogP contribution in [0.2, 0.25) is 0 Å². The van der Waals surface area contributed by atoms with Gasteiger partial charge in [-0.15, -0.1) is 0 Å². The van der Waals surface area contributed by atoms with Crippen LogP contribution in [0.1, 0.15) is 32.3 Å². The van der Waals surface area contributed by atoms with Crippen LogP contribution in [-0.4, -0.2) is 47.1 Å². The summed E-state index contributed by atoms with van der Waals surface area (Å²) in [6.45, 7) is 9.92. The normalized spacial score (nSPS) is 17.6. The van der Waals surface area contributed by atoms with Crippen molar-refractivity contribution in [1.82, 2.24) is 9.80 Å². The lowest BCUT2D eigenvalue weighted by Crippen LogP contribution is -2.44. The molecule has 3 nitrogen and oxygen atoms in total. The summed E-state index contributed by atoms with van der Waals surface area (Å²) in [4.78, 5) is 5.05. The fraction of sp³-hybridized carbons (Fsp3) is 0.625. The van der Waals surface area contributed by atoms with Crippen molar-refractivity contribution < 1.29 is 5.11 Å². The fourth-order valence-corrected chi connectivity index (χ4v) is 5.13. The summed E-state index contributed by atoms with van der Waals surface area (Å²) in [5.41, 5.74) is 1.06. The highest BCUT2D eigenvalue weighted by molar-refractivity contribution is 14.1. The summed E-state index contributed by atoms with van der Waals surface area (Å²) in [5.74, 6) is 0.460. The molecule has 21 heavy (non-hydrogen) atoms. The minimum Gasteiger partial charge on any atom is -0.507 e. The molecule has 0 amide bonds. The van der Waals surface area contributed by atoms with Gasteiger partial charge < -0.3 is 10.0 Å². The molecule has 2 rings (SSSR count). The van der Waals surface area contributed by atoms with Crippen LogP contribution < -0.4 is 0 Å². The number of benzene rings is 1. The number of halogens is 2. The summed E-state index contributed by atoms with van der Waals surface area (Å²) in [5, 5.41) is 10.2. The van der Waals surface area contributed by atoms with E-state index < -0.39 is 0 Å². The molecule has 1 N–H and O–H groups in total. The average Bonchev–Trinajstić information content (AvgIpc) is 2.47. The predicted octanol–water partition coefficient (Wildman–Crippen LogP) is 3.91. The molecular formula is C16H24I2N2O. The van der Waals surface area contributed by atoms with Crippen molar-refractivity contribution in [3.05, 3.63) is 24.8 Å². The largest absolute Gasteiger partial charge is 0.507 e. The SMILES string of the molecule is CCN(CC)C1CCN(Cc2cc(I)cc(I)c2O)CC1. The van der Waals surface area contributed by atoms with E-state index in [0.717, 1.165) is 47.9 Å². The Labute approximate surface area is 155 Å². The van der Waals surface area contributed by atoms with Crippen LogP contribution >= 0.6 is 45.2 Å². The van der Waals surface area contributed by atoms with Gasteiger partial charge in [-0.25, -0.2) is 0 Å². The van der Waals surface area contributed by atoms with Crippen molar-refractivity contribution >= 4 is 45.2 Å². The van der Waals surface area contributed by atoms with E-state index in [2.05, 4.69) is 74.9 Å². The molecule has 0 unspecified atom stereocenters. The third-order valence-corrected chi connectivity index (χ3v) is 5.83. The first-order valence-corrected chi connectivity index (χ1v) is 9.84. The number of phenols is 1. The zero-order chi connectivity index (χ0) is 15.4. The molecule has 1 aliphatic heterocycles. The molecule has 5 heteroatoms. The van der Waals surface area contributed by atoms with Crippen molar-refractivity contribution in [2.75, 3.05) is 26.2 Å². The van der Waals surface area contributed by atoms with Crippen LogP contribution in [0.4, 0.5) is 0 Å². The number of likely N-dealkylation sites (tertiary alicyclic amines) is 1. The summed E-state index contributed by atoms with van der Waals surface area (Å²) >= 11 is 4.53. The van der Waals surface area contributed by atoms with Gasteiger partial charge in [0.15, 0.2) is 0 Å². The van der Waals surface area contributed by atoms with Crippen LogP contribution in [0.25, 0.3) is 0 Å². The lowest BCUT2D eigenvalue weighted by molar-refractivity contribution is 0.112. The zero-order valence-corrected chi connectivity index (χ0v) is 17.1. The minimum absolute atomic E-state index is 0.460. The van der Waals surface area contributed by atoms with E-state index in [1.54, 1.807) is 0 Å². The van der Waals surface area contributed by atoms with Crippen molar-refractivity contribution in [2.45, 2.75) is 39.3 Å². The molecule has 0 bridgehead atoms. The molecular weight excluding hydrogens is 490 g/mol. The van der Waals surface area contributed by atoms with E-state index in [-0.39, 0.29) is 0 Å². The van der Waals surface area contributed by atoms with E-state index in [1.807, 2.05) is 6.07 Å². The Bertz CT molecular complexity index is 470. The smallest absolute Gasteiger partial charge is 0.133 e. The molecule has 1 heterocycles. The lowest BCUT2D eigenvalue weighted by Gasteiger charge is -2.37. The third-order valence-electron chi connectivity index (χ3n) is 4.39. The van der Waals surface area contributed by atoms with Gasteiger partial charge in [0.25, 0.3) is 0 Å². The minimum atomic E-state index is 0.460. The van der Waals surface area contributed by atoms with E-state index in [1.165, 1.54) is 16.4 Å². The first-order valence-electron chi connectivity index (χ1n) is 7.68. The molecule has 1 aromatic carbocycles. The second-order valence-corrected chi connectivity index (χ2v) is 8.03.